The summed E-state index contributed by atoms with van der Waals surface area (Å²) in [7, 11) is 0. The molecule has 0 atom stereocenters. The molecule has 0 amide bonds. The van der Waals surface area contributed by atoms with Crippen LogP contribution in [-0.4, -0.2) is 6.29 Å². The molecule has 1 heteroatoms. The molecule has 1 nitrogen and oxygen atoms in total. The van der Waals surface area contributed by atoms with Gasteiger partial charge < -0.3 is 0 Å². The fourth-order valence-electron chi connectivity index (χ4n) is 1.03. The fourth-order valence-corrected chi connectivity index (χ4v) is 1.03. The van der Waals surface area contributed by atoms with Gasteiger partial charge in [-0.25, -0.2) is 0 Å². The average molecular weight is 154 g/mol. The zero-order valence-electron chi connectivity index (χ0n) is 7.60. The first-order valence-electron chi connectivity index (χ1n) is 4.42. The Morgan fingerprint density at radius 3 is 2.55 bits per heavy atom. The van der Waals surface area contributed by atoms with Gasteiger partial charge in [0.25, 0.3) is 0 Å². The maximum atomic E-state index is 10.0. The van der Waals surface area contributed by atoms with E-state index in [9.17, 15) is 4.79 Å². The zero-order valence-corrected chi connectivity index (χ0v) is 7.60. The lowest BCUT2D eigenvalue weighted by atomic mass is 10.1. The largest absolute Gasteiger partial charge is 0.299 e. The van der Waals surface area contributed by atoms with Gasteiger partial charge in [0.1, 0.15) is 6.29 Å². The summed E-state index contributed by atoms with van der Waals surface area (Å²) in [5, 5.41) is 0. The average Bonchev–Trinajstić information content (AvgIpc) is 1.99. The van der Waals surface area contributed by atoms with Crippen molar-refractivity contribution in [3.05, 3.63) is 11.6 Å². The minimum atomic E-state index is 0.870. The van der Waals surface area contributed by atoms with Gasteiger partial charge >= 0.3 is 0 Å². The predicted octanol–water partition coefficient (Wildman–Crippen LogP) is 3.10. The lowest BCUT2D eigenvalue weighted by Crippen LogP contribution is -1.80. The second-order valence-electron chi connectivity index (χ2n) is 2.96. The van der Waals surface area contributed by atoms with E-state index >= 15 is 0 Å². The number of carbonyl (C=O) groups excluding carboxylic acids is 1. The summed E-state index contributed by atoms with van der Waals surface area (Å²) in [5.74, 6) is 0. The minimum Gasteiger partial charge on any atom is -0.299 e. The van der Waals surface area contributed by atoms with Crippen LogP contribution in [0.3, 0.4) is 0 Å². The maximum Gasteiger partial charge on any atom is 0.142 e. The van der Waals surface area contributed by atoms with Gasteiger partial charge in [0.05, 0.1) is 0 Å². The van der Waals surface area contributed by atoms with Crippen LogP contribution in [0.15, 0.2) is 11.6 Å². The second-order valence-corrected chi connectivity index (χ2v) is 2.96. The smallest absolute Gasteiger partial charge is 0.142 e. The van der Waals surface area contributed by atoms with Gasteiger partial charge in [0, 0.05) is 0 Å². The van der Waals surface area contributed by atoms with E-state index in [4.69, 9.17) is 0 Å². The van der Waals surface area contributed by atoms with Crippen LogP contribution in [0.25, 0.3) is 0 Å². The monoisotopic (exact) mass is 154 g/mol. The van der Waals surface area contributed by atoms with Crippen molar-refractivity contribution < 1.29 is 4.79 Å². The van der Waals surface area contributed by atoms with Crippen molar-refractivity contribution in [2.24, 2.45) is 0 Å². The standard InChI is InChI=1S/C10H18O/c1-3-4-5-6-7-10(2)8-9-11/h8-9H,3-7H2,1-2H3/b10-8+. The molecule has 0 aromatic carbocycles. The third-order valence-electron chi connectivity index (χ3n) is 1.78. The molecule has 0 bridgehead atoms. The highest BCUT2D eigenvalue weighted by Gasteiger charge is 1.89. The molecule has 0 saturated carbocycles. The summed E-state index contributed by atoms with van der Waals surface area (Å²) in [4.78, 5) is 10.0. The van der Waals surface area contributed by atoms with E-state index in [1.54, 1.807) is 6.08 Å². The van der Waals surface area contributed by atoms with Crippen LogP contribution in [0.5, 0.6) is 0 Å². The van der Waals surface area contributed by atoms with Crippen molar-refractivity contribution >= 4 is 6.29 Å². The highest BCUT2D eigenvalue weighted by Crippen LogP contribution is 2.08. The lowest BCUT2D eigenvalue weighted by molar-refractivity contribution is -0.104. The first-order valence-corrected chi connectivity index (χ1v) is 4.42. The third kappa shape index (κ3) is 7.31. The van der Waals surface area contributed by atoms with Gasteiger partial charge in [0.2, 0.25) is 0 Å². The van der Waals surface area contributed by atoms with Crippen molar-refractivity contribution in [1.29, 1.82) is 0 Å². The molecule has 0 heterocycles. The van der Waals surface area contributed by atoms with Crippen LogP contribution >= 0.6 is 0 Å². The van der Waals surface area contributed by atoms with Crippen LogP contribution < -0.4 is 0 Å². The zero-order chi connectivity index (χ0) is 8.53. The number of unbranched alkanes of at least 4 members (excludes halogenated alkanes) is 3. The molecular weight excluding hydrogens is 136 g/mol. The molecule has 0 unspecified atom stereocenters. The van der Waals surface area contributed by atoms with Crippen LogP contribution in [0.2, 0.25) is 0 Å². The lowest BCUT2D eigenvalue weighted by Gasteiger charge is -1.98. The molecule has 0 aliphatic rings. The highest BCUT2D eigenvalue weighted by atomic mass is 16.1. The van der Waals surface area contributed by atoms with E-state index in [2.05, 4.69) is 6.92 Å². The Morgan fingerprint density at radius 2 is 2.00 bits per heavy atom. The molecule has 0 rings (SSSR count). The van der Waals surface area contributed by atoms with Crippen LogP contribution in [0.4, 0.5) is 0 Å². The Labute approximate surface area is 69.5 Å². The van der Waals surface area contributed by atoms with Crippen LogP contribution in [0, 0.1) is 0 Å². The van der Waals surface area contributed by atoms with E-state index in [1.165, 1.54) is 31.3 Å². The predicted molar refractivity (Wildman–Crippen MR) is 48.6 cm³/mol. The molecule has 0 aliphatic heterocycles. The Kier molecular flexibility index (Phi) is 7.11. The van der Waals surface area contributed by atoms with Crippen LogP contribution in [-0.2, 0) is 4.79 Å². The Morgan fingerprint density at radius 1 is 1.27 bits per heavy atom. The van der Waals surface area contributed by atoms with Crippen LogP contribution in [0.1, 0.15) is 46.0 Å². The topological polar surface area (TPSA) is 17.1 Å². The first-order chi connectivity index (χ1) is 5.31. The fraction of sp³-hybridized carbons (Fsp3) is 0.700. The van der Waals surface area contributed by atoms with Gasteiger partial charge in [-0.2, -0.15) is 0 Å². The number of aldehydes is 1. The molecule has 0 radical (unpaired) electrons. The first kappa shape index (κ1) is 10.4. The minimum absolute atomic E-state index is 0.870. The quantitative estimate of drug-likeness (QED) is 0.326. The van der Waals surface area contributed by atoms with Gasteiger partial charge in [-0.3, -0.25) is 4.79 Å². The molecule has 0 N–H and O–H groups in total. The summed E-state index contributed by atoms with van der Waals surface area (Å²) in [6, 6.07) is 0. The van der Waals surface area contributed by atoms with Crippen molar-refractivity contribution in [1.82, 2.24) is 0 Å². The Hall–Kier alpha value is -0.590. The van der Waals surface area contributed by atoms with Gasteiger partial charge in [-0.05, 0) is 25.8 Å². The molecule has 64 valence electrons. The van der Waals surface area contributed by atoms with Crippen molar-refractivity contribution in [2.75, 3.05) is 0 Å². The molecule has 0 aliphatic carbocycles. The number of allylic oxidation sites excluding steroid dienone is 2. The highest BCUT2D eigenvalue weighted by molar-refractivity contribution is 5.65. The SMILES string of the molecule is CCCCCC/C(C)=C/C=O. The van der Waals surface area contributed by atoms with E-state index < -0.39 is 0 Å². The van der Waals surface area contributed by atoms with Crippen molar-refractivity contribution in [3.63, 3.8) is 0 Å². The molecule has 0 saturated heterocycles. The number of carbonyl (C=O) groups is 1. The molecule has 0 fully saturated rings. The number of hydrogen-bond acceptors (Lipinski definition) is 1. The normalized spacial score (nSPS) is 11.6. The van der Waals surface area contributed by atoms with Gasteiger partial charge in [-0.15, -0.1) is 0 Å². The molecular formula is C10H18O. The van der Waals surface area contributed by atoms with E-state index in [1.807, 2.05) is 6.92 Å². The molecule has 11 heavy (non-hydrogen) atoms. The van der Waals surface area contributed by atoms with Gasteiger partial charge in [-0.1, -0.05) is 31.8 Å². The van der Waals surface area contributed by atoms with E-state index in [0.29, 0.717) is 0 Å². The summed E-state index contributed by atoms with van der Waals surface area (Å²) >= 11 is 0. The number of rotatable bonds is 6. The molecule has 0 spiro atoms. The summed E-state index contributed by atoms with van der Waals surface area (Å²) < 4.78 is 0. The number of hydrogen-bond donors (Lipinski definition) is 0. The third-order valence-corrected chi connectivity index (χ3v) is 1.78. The molecule has 0 aromatic heterocycles. The molecule has 0 aromatic rings. The summed E-state index contributed by atoms with van der Waals surface area (Å²) in [6.07, 6.45) is 8.72. The second kappa shape index (κ2) is 7.52. The Bertz CT molecular complexity index is 125. The Balaban J connectivity index is 3.23. The van der Waals surface area contributed by atoms with Crippen molar-refractivity contribution in [2.45, 2.75) is 46.0 Å². The van der Waals surface area contributed by atoms with Gasteiger partial charge in [0.15, 0.2) is 0 Å². The summed E-state index contributed by atoms with van der Waals surface area (Å²) in [5.41, 5.74) is 1.20. The van der Waals surface area contributed by atoms with Crippen molar-refractivity contribution in [3.8, 4) is 0 Å². The van der Waals surface area contributed by atoms with E-state index in [-0.39, 0.29) is 0 Å². The maximum absolute atomic E-state index is 10.0. The summed E-state index contributed by atoms with van der Waals surface area (Å²) in [6.45, 7) is 4.22. The van der Waals surface area contributed by atoms with E-state index in [0.717, 1.165) is 12.7 Å².